The molecule has 0 aliphatic rings. The van der Waals surface area contributed by atoms with Crippen molar-refractivity contribution in [2.75, 3.05) is 13.1 Å². The number of carbonyl (C=O) groups is 2. The highest BCUT2D eigenvalue weighted by molar-refractivity contribution is 6.31. The lowest BCUT2D eigenvalue weighted by Gasteiger charge is -2.33. The molecule has 0 aromatic heterocycles. The number of amides is 2. The van der Waals surface area contributed by atoms with Gasteiger partial charge in [-0.15, -0.1) is 0 Å². The number of nitrogens with one attached hydrogen (secondary N) is 2. The van der Waals surface area contributed by atoms with Gasteiger partial charge in [-0.3, -0.25) is 9.59 Å². The van der Waals surface area contributed by atoms with Crippen molar-refractivity contribution >= 4 is 35.0 Å². The van der Waals surface area contributed by atoms with Crippen LogP contribution < -0.4 is 10.6 Å². The zero-order chi connectivity index (χ0) is 22.7. The van der Waals surface area contributed by atoms with Crippen molar-refractivity contribution in [1.82, 2.24) is 10.6 Å². The van der Waals surface area contributed by atoms with E-state index in [1.165, 1.54) is 0 Å². The Morgan fingerprint density at radius 3 is 1.90 bits per heavy atom. The van der Waals surface area contributed by atoms with Crippen LogP contribution in [0.4, 0.5) is 0 Å². The quantitative estimate of drug-likeness (QED) is 0.352. The monoisotopic (exact) mass is 462 g/mol. The Morgan fingerprint density at radius 2 is 1.39 bits per heavy atom. The van der Waals surface area contributed by atoms with Crippen LogP contribution in [0, 0.1) is 5.41 Å². The molecule has 0 saturated carbocycles. The fourth-order valence-corrected chi connectivity index (χ4v) is 4.11. The molecule has 2 aromatic rings. The summed E-state index contributed by atoms with van der Waals surface area (Å²) in [6, 6.07) is 13.9. The third-order valence-electron chi connectivity index (χ3n) is 5.78. The van der Waals surface area contributed by atoms with Crippen molar-refractivity contribution in [3.63, 3.8) is 0 Å². The minimum atomic E-state index is -0.118. The van der Waals surface area contributed by atoms with E-state index in [0.717, 1.165) is 38.5 Å². The molecule has 1 atom stereocenters. The number of hydrogen-bond acceptors (Lipinski definition) is 2. The Hall–Kier alpha value is -2.04. The van der Waals surface area contributed by atoms with Gasteiger partial charge in [0.25, 0.3) is 11.8 Å². The number of unbranched alkanes of at least 4 members (excludes halogenated alkanes) is 1. The van der Waals surface area contributed by atoms with Gasteiger partial charge in [-0.25, -0.2) is 0 Å². The summed E-state index contributed by atoms with van der Waals surface area (Å²) < 4.78 is 0. The minimum absolute atomic E-state index is 0.00499. The van der Waals surface area contributed by atoms with Crippen LogP contribution in [0.1, 0.15) is 73.1 Å². The summed E-state index contributed by atoms with van der Waals surface area (Å²) in [5.41, 5.74) is 1.14. The van der Waals surface area contributed by atoms with Crippen LogP contribution in [0.2, 0.25) is 10.0 Å². The minimum Gasteiger partial charge on any atom is -0.352 e. The zero-order valence-electron chi connectivity index (χ0n) is 18.3. The Kier molecular flexibility index (Phi) is 10.4. The number of carbonyl (C=O) groups excluding carboxylic acids is 2. The molecule has 0 radical (unpaired) electrons. The maximum atomic E-state index is 12.6. The summed E-state index contributed by atoms with van der Waals surface area (Å²) in [7, 11) is 0. The average Bonchev–Trinajstić information content (AvgIpc) is 2.77. The largest absolute Gasteiger partial charge is 0.352 e. The molecule has 2 N–H and O–H groups in total. The van der Waals surface area contributed by atoms with E-state index in [9.17, 15) is 9.59 Å². The number of rotatable bonds is 12. The Morgan fingerprint density at radius 1 is 0.839 bits per heavy atom. The fraction of sp³-hybridized carbons (Fsp3) is 0.440. The van der Waals surface area contributed by atoms with Crippen molar-refractivity contribution in [2.24, 2.45) is 5.41 Å². The molecular weight excluding hydrogens is 431 g/mol. The molecule has 2 rings (SSSR count). The predicted octanol–water partition coefficient (Wildman–Crippen LogP) is 6.52. The first-order chi connectivity index (χ1) is 14.9. The summed E-state index contributed by atoms with van der Waals surface area (Å²) in [6.07, 6.45) is 5.99. The molecule has 2 aromatic carbocycles. The maximum absolute atomic E-state index is 12.6. The number of benzene rings is 2. The number of halogens is 2. The van der Waals surface area contributed by atoms with Gasteiger partial charge in [0.15, 0.2) is 0 Å². The van der Waals surface area contributed by atoms with Gasteiger partial charge in [0.2, 0.25) is 0 Å². The zero-order valence-corrected chi connectivity index (χ0v) is 19.9. The van der Waals surface area contributed by atoms with Gasteiger partial charge in [-0.1, -0.05) is 62.0 Å². The second-order valence-corrected chi connectivity index (χ2v) is 8.89. The first-order valence-electron chi connectivity index (χ1n) is 11.0. The van der Waals surface area contributed by atoms with Crippen LogP contribution in [0.15, 0.2) is 48.5 Å². The van der Waals surface area contributed by atoms with E-state index in [0.29, 0.717) is 34.3 Å². The Balaban J connectivity index is 1.92. The van der Waals surface area contributed by atoms with Crippen LogP contribution >= 0.6 is 23.2 Å². The normalized spacial score (nSPS) is 12.8. The Bertz CT molecular complexity index is 872. The van der Waals surface area contributed by atoms with Gasteiger partial charge < -0.3 is 10.6 Å². The topological polar surface area (TPSA) is 58.2 Å². The van der Waals surface area contributed by atoms with E-state index in [2.05, 4.69) is 24.5 Å². The molecule has 0 unspecified atom stereocenters. The van der Waals surface area contributed by atoms with Crippen molar-refractivity contribution in [3.8, 4) is 0 Å². The van der Waals surface area contributed by atoms with Crippen LogP contribution in [0.3, 0.4) is 0 Å². The second kappa shape index (κ2) is 12.7. The van der Waals surface area contributed by atoms with Gasteiger partial charge >= 0.3 is 0 Å². The molecule has 0 aliphatic heterocycles. The molecule has 4 nitrogen and oxygen atoms in total. The standard InChI is InChI=1S/C25H32Cl2N2O2/c1-3-5-13-25(4-2,18-29-24(31)20-10-7-12-22(27)17-20)14-8-15-28-23(30)19-9-6-11-21(26)16-19/h6-7,9-12,16-17H,3-5,8,13-15,18H2,1-2H3,(H,28,30)(H,29,31)/t25-/m0/s1. The lowest BCUT2D eigenvalue weighted by molar-refractivity contribution is 0.0916. The molecule has 0 heterocycles. The van der Waals surface area contributed by atoms with E-state index in [1.54, 1.807) is 48.5 Å². The van der Waals surface area contributed by atoms with Gasteiger partial charge in [-0.05, 0) is 67.5 Å². The van der Waals surface area contributed by atoms with E-state index in [1.807, 2.05) is 0 Å². The van der Waals surface area contributed by atoms with Gasteiger partial charge in [0, 0.05) is 34.3 Å². The summed E-state index contributed by atoms with van der Waals surface area (Å²) >= 11 is 12.0. The van der Waals surface area contributed by atoms with Crippen LogP contribution in [0.25, 0.3) is 0 Å². The molecule has 2 amide bonds. The molecule has 0 saturated heterocycles. The van der Waals surface area contributed by atoms with Crippen LogP contribution in [-0.4, -0.2) is 24.9 Å². The summed E-state index contributed by atoms with van der Waals surface area (Å²) in [6.45, 7) is 5.54. The predicted molar refractivity (Wildman–Crippen MR) is 129 cm³/mol. The van der Waals surface area contributed by atoms with Gasteiger partial charge in [0.1, 0.15) is 0 Å². The summed E-state index contributed by atoms with van der Waals surface area (Å²) in [5.74, 6) is -0.224. The Labute approximate surface area is 195 Å². The molecule has 0 aliphatic carbocycles. The second-order valence-electron chi connectivity index (χ2n) is 8.02. The van der Waals surface area contributed by atoms with Crippen molar-refractivity contribution < 1.29 is 9.59 Å². The van der Waals surface area contributed by atoms with E-state index < -0.39 is 0 Å². The molecule has 0 fully saturated rings. The molecule has 31 heavy (non-hydrogen) atoms. The first kappa shape index (κ1) is 25.2. The summed E-state index contributed by atoms with van der Waals surface area (Å²) in [5, 5.41) is 7.19. The van der Waals surface area contributed by atoms with E-state index in [-0.39, 0.29) is 17.2 Å². The smallest absolute Gasteiger partial charge is 0.251 e. The maximum Gasteiger partial charge on any atom is 0.251 e. The highest BCUT2D eigenvalue weighted by Crippen LogP contribution is 2.33. The molecule has 6 heteroatoms. The van der Waals surface area contributed by atoms with Crippen molar-refractivity contribution in [3.05, 3.63) is 69.7 Å². The fourth-order valence-electron chi connectivity index (χ4n) is 3.73. The highest BCUT2D eigenvalue weighted by Gasteiger charge is 2.28. The van der Waals surface area contributed by atoms with Gasteiger partial charge in [-0.2, -0.15) is 0 Å². The molecule has 0 spiro atoms. The van der Waals surface area contributed by atoms with E-state index >= 15 is 0 Å². The molecular formula is C25H32Cl2N2O2. The lowest BCUT2D eigenvalue weighted by atomic mass is 9.76. The first-order valence-corrected chi connectivity index (χ1v) is 11.7. The van der Waals surface area contributed by atoms with Crippen molar-refractivity contribution in [2.45, 2.75) is 52.4 Å². The lowest BCUT2D eigenvalue weighted by Crippen LogP contribution is -2.38. The van der Waals surface area contributed by atoms with Crippen LogP contribution in [-0.2, 0) is 0 Å². The third-order valence-corrected chi connectivity index (χ3v) is 6.25. The average molecular weight is 463 g/mol. The van der Waals surface area contributed by atoms with E-state index in [4.69, 9.17) is 23.2 Å². The summed E-state index contributed by atoms with van der Waals surface area (Å²) in [4.78, 5) is 24.9. The molecule has 168 valence electrons. The number of hydrogen-bond donors (Lipinski definition) is 2. The van der Waals surface area contributed by atoms with Crippen molar-refractivity contribution in [1.29, 1.82) is 0 Å². The highest BCUT2D eigenvalue weighted by atomic mass is 35.5. The SMILES string of the molecule is CCCC[C@@](CC)(CCCNC(=O)c1cccc(Cl)c1)CNC(=O)c1cccc(Cl)c1. The molecule has 0 bridgehead atoms. The van der Waals surface area contributed by atoms with Crippen LogP contribution in [0.5, 0.6) is 0 Å². The van der Waals surface area contributed by atoms with Gasteiger partial charge in [0.05, 0.1) is 0 Å². The third kappa shape index (κ3) is 8.19.